The van der Waals surface area contributed by atoms with Crippen LogP contribution in [0.25, 0.3) is 0 Å². The molecule has 1 fully saturated rings. The van der Waals surface area contributed by atoms with Crippen LogP contribution in [0.2, 0.25) is 0 Å². The van der Waals surface area contributed by atoms with Gasteiger partial charge in [0.25, 0.3) is 0 Å². The molecule has 11 heavy (non-hydrogen) atoms. The zero-order chi connectivity index (χ0) is 8.43. The molecule has 0 aromatic rings. The van der Waals surface area contributed by atoms with Gasteiger partial charge in [0.2, 0.25) is 0 Å². The fourth-order valence-corrected chi connectivity index (χ4v) is 1.20. The third kappa shape index (κ3) is 2.67. The quantitative estimate of drug-likeness (QED) is 0.367. The number of halogens is 1. The van der Waals surface area contributed by atoms with Crippen LogP contribution in [0.4, 0.5) is 0 Å². The summed E-state index contributed by atoms with van der Waals surface area (Å²) in [7, 11) is 0. The van der Waals surface area contributed by atoms with Gasteiger partial charge in [0.15, 0.2) is 0 Å². The van der Waals surface area contributed by atoms with Crippen molar-refractivity contribution in [3.05, 3.63) is 0 Å². The lowest BCUT2D eigenvalue weighted by molar-refractivity contribution is -0.141. The molecule has 0 spiro atoms. The Balaban J connectivity index is 2.11. The zero-order valence-electron chi connectivity index (χ0n) is 6.54. The molecule has 0 aromatic carbocycles. The number of carbonyl (C=O) groups excluding carboxylic acids is 1. The maximum absolute atomic E-state index is 10.4. The topological polar surface area (TPSA) is 38.8 Å². The van der Waals surface area contributed by atoms with E-state index in [2.05, 4.69) is 0 Å². The molecule has 1 rings (SSSR count). The summed E-state index contributed by atoms with van der Waals surface area (Å²) in [5.41, 5.74) is 0. The molecule has 1 aliphatic rings. The number of hydrogen-bond acceptors (Lipinski definition) is 3. The van der Waals surface area contributed by atoms with Crippen LogP contribution in [-0.4, -0.2) is 30.2 Å². The summed E-state index contributed by atoms with van der Waals surface area (Å²) in [5.74, 6) is -0.302. The molecule has 0 amide bonds. The maximum atomic E-state index is 10.4. The Morgan fingerprint density at radius 1 is 1.82 bits per heavy atom. The number of carbonyl (C=O) groups is 1. The van der Waals surface area contributed by atoms with E-state index in [0.29, 0.717) is 0 Å². The molecule has 1 heterocycles. The molecule has 0 saturated carbocycles. The SMILES string of the molecule is CC(=O)OCC(Cl)C1OC1C. The normalized spacial score (nSPS) is 31.2. The fraction of sp³-hybridized carbons (Fsp3) is 0.857. The minimum absolute atomic E-state index is 0.0658. The van der Waals surface area contributed by atoms with Crippen LogP contribution < -0.4 is 0 Å². The predicted octanol–water partition coefficient (Wildman–Crippen LogP) is 0.944. The van der Waals surface area contributed by atoms with Gasteiger partial charge in [-0.05, 0) is 6.92 Å². The van der Waals surface area contributed by atoms with Crippen molar-refractivity contribution in [1.29, 1.82) is 0 Å². The van der Waals surface area contributed by atoms with Crippen LogP contribution >= 0.6 is 11.6 Å². The number of ether oxygens (including phenoxy) is 2. The molecular formula is C7H11ClO3. The second kappa shape index (κ2) is 3.41. The first kappa shape index (κ1) is 8.81. The Kier molecular flexibility index (Phi) is 2.73. The molecule has 0 radical (unpaired) electrons. The molecule has 0 aromatic heterocycles. The highest BCUT2D eigenvalue weighted by molar-refractivity contribution is 6.21. The van der Waals surface area contributed by atoms with Gasteiger partial charge in [-0.25, -0.2) is 0 Å². The Hall–Kier alpha value is -0.280. The standard InChI is InChI=1S/C7H11ClO3/c1-4-7(11-4)6(8)3-10-5(2)9/h4,6-7H,3H2,1-2H3. The van der Waals surface area contributed by atoms with Crippen LogP contribution in [0.1, 0.15) is 13.8 Å². The lowest BCUT2D eigenvalue weighted by atomic mass is 10.2. The van der Waals surface area contributed by atoms with E-state index < -0.39 is 0 Å². The molecule has 4 heteroatoms. The predicted molar refractivity (Wildman–Crippen MR) is 40.6 cm³/mol. The minimum Gasteiger partial charge on any atom is -0.464 e. The first-order chi connectivity index (χ1) is 5.11. The van der Waals surface area contributed by atoms with E-state index in [4.69, 9.17) is 21.1 Å². The molecule has 3 nitrogen and oxygen atoms in total. The van der Waals surface area contributed by atoms with Gasteiger partial charge in [-0.3, -0.25) is 4.79 Å². The molecule has 0 bridgehead atoms. The summed E-state index contributed by atoms with van der Waals surface area (Å²) in [5, 5.41) is -0.200. The van der Waals surface area contributed by atoms with Gasteiger partial charge in [0.1, 0.15) is 12.7 Å². The molecule has 3 atom stereocenters. The van der Waals surface area contributed by atoms with Crippen LogP contribution in [0.15, 0.2) is 0 Å². The molecular weight excluding hydrogens is 168 g/mol. The lowest BCUT2D eigenvalue weighted by Crippen LogP contribution is -2.18. The van der Waals surface area contributed by atoms with E-state index >= 15 is 0 Å². The monoisotopic (exact) mass is 178 g/mol. The summed E-state index contributed by atoms with van der Waals surface area (Å²) in [6.45, 7) is 3.54. The summed E-state index contributed by atoms with van der Waals surface area (Å²) in [6.07, 6.45) is 0.282. The first-order valence-corrected chi connectivity index (χ1v) is 3.98. The van der Waals surface area contributed by atoms with E-state index in [1.807, 2.05) is 6.92 Å². The van der Waals surface area contributed by atoms with E-state index in [-0.39, 0.29) is 30.2 Å². The summed E-state index contributed by atoms with van der Waals surface area (Å²) >= 11 is 5.81. The molecule has 3 unspecified atom stereocenters. The third-order valence-electron chi connectivity index (χ3n) is 1.56. The highest BCUT2D eigenvalue weighted by atomic mass is 35.5. The molecule has 1 saturated heterocycles. The number of alkyl halides is 1. The van der Waals surface area contributed by atoms with Gasteiger partial charge in [0.05, 0.1) is 11.5 Å². The average molecular weight is 179 g/mol. The van der Waals surface area contributed by atoms with Crippen LogP contribution in [-0.2, 0) is 14.3 Å². The van der Waals surface area contributed by atoms with Crippen LogP contribution in [0, 0.1) is 0 Å². The fourth-order valence-electron chi connectivity index (χ4n) is 0.874. The van der Waals surface area contributed by atoms with Gasteiger partial charge in [-0.1, -0.05) is 0 Å². The summed E-state index contributed by atoms with van der Waals surface area (Å²) in [4.78, 5) is 10.4. The summed E-state index contributed by atoms with van der Waals surface area (Å²) in [6, 6.07) is 0. The van der Waals surface area contributed by atoms with Crippen molar-refractivity contribution in [2.75, 3.05) is 6.61 Å². The largest absolute Gasteiger partial charge is 0.464 e. The number of rotatable bonds is 3. The molecule has 0 N–H and O–H groups in total. The lowest BCUT2D eigenvalue weighted by Gasteiger charge is -2.04. The van der Waals surface area contributed by atoms with Crippen molar-refractivity contribution in [2.45, 2.75) is 31.4 Å². The third-order valence-corrected chi connectivity index (χ3v) is 1.93. The van der Waals surface area contributed by atoms with Gasteiger partial charge >= 0.3 is 5.97 Å². The molecule has 1 aliphatic heterocycles. The first-order valence-electron chi connectivity index (χ1n) is 3.54. The van der Waals surface area contributed by atoms with Crippen LogP contribution in [0.5, 0.6) is 0 Å². The number of esters is 1. The number of epoxide rings is 1. The average Bonchev–Trinajstić information content (AvgIpc) is 2.61. The molecule has 64 valence electrons. The van der Waals surface area contributed by atoms with E-state index in [1.54, 1.807) is 0 Å². The Morgan fingerprint density at radius 3 is 2.73 bits per heavy atom. The van der Waals surface area contributed by atoms with Crippen molar-refractivity contribution >= 4 is 17.6 Å². The van der Waals surface area contributed by atoms with Crippen molar-refractivity contribution in [2.24, 2.45) is 0 Å². The van der Waals surface area contributed by atoms with Gasteiger partial charge in [0, 0.05) is 6.92 Å². The molecule has 0 aliphatic carbocycles. The van der Waals surface area contributed by atoms with E-state index in [0.717, 1.165) is 0 Å². The summed E-state index contributed by atoms with van der Waals surface area (Å²) < 4.78 is 9.79. The minimum atomic E-state index is -0.302. The Bertz CT molecular complexity index is 160. The van der Waals surface area contributed by atoms with Crippen LogP contribution in [0.3, 0.4) is 0 Å². The zero-order valence-corrected chi connectivity index (χ0v) is 7.30. The van der Waals surface area contributed by atoms with Gasteiger partial charge in [-0.15, -0.1) is 11.6 Å². The van der Waals surface area contributed by atoms with Crippen molar-refractivity contribution in [3.8, 4) is 0 Å². The van der Waals surface area contributed by atoms with Crippen molar-refractivity contribution in [3.63, 3.8) is 0 Å². The Morgan fingerprint density at radius 2 is 2.36 bits per heavy atom. The number of hydrogen-bond donors (Lipinski definition) is 0. The smallest absolute Gasteiger partial charge is 0.302 e. The highest BCUT2D eigenvalue weighted by Crippen LogP contribution is 2.27. The van der Waals surface area contributed by atoms with Crippen molar-refractivity contribution in [1.82, 2.24) is 0 Å². The second-order valence-electron chi connectivity index (χ2n) is 2.62. The van der Waals surface area contributed by atoms with Crippen molar-refractivity contribution < 1.29 is 14.3 Å². The second-order valence-corrected chi connectivity index (χ2v) is 3.18. The van der Waals surface area contributed by atoms with E-state index in [1.165, 1.54) is 6.92 Å². The Labute approximate surface area is 70.6 Å². The van der Waals surface area contributed by atoms with Gasteiger partial charge in [-0.2, -0.15) is 0 Å². The van der Waals surface area contributed by atoms with Gasteiger partial charge < -0.3 is 9.47 Å². The highest BCUT2D eigenvalue weighted by Gasteiger charge is 2.40. The van der Waals surface area contributed by atoms with E-state index in [9.17, 15) is 4.79 Å². The maximum Gasteiger partial charge on any atom is 0.302 e.